The predicted octanol–water partition coefficient (Wildman–Crippen LogP) is 3.13. The second-order valence-electron chi connectivity index (χ2n) is 4.89. The number of aryl methyl sites for hydroxylation is 1. The summed E-state index contributed by atoms with van der Waals surface area (Å²) in [5, 5.41) is 14.7. The number of rotatable bonds is 4. The third-order valence-electron chi connectivity index (χ3n) is 3.02. The van der Waals surface area contributed by atoms with Crippen LogP contribution in [0.4, 0.5) is 19.3 Å². The van der Waals surface area contributed by atoms with Crippen LogP contribution < -0.4 is 10.6 Å². The van der Waals surface area contributed by atoms with Gasteiger partial charge < -0.3 is 15.7 Å². The van der Waals surface area contributed by atoms with Crippen molar-refractivity contribution in [3.05, 3.63) is 65.2 Å². The van der Waals surface area contributed by atoms with Gasteiger partial charge in [0, 0.05) is 17.8 Å². The fraction of sp³-hybridized carbons (Fsp3) is 0.188. The summed E-state index contributed by atoms with van der Waals surface area (Å²) in [5.41, 5.74) is 1.07. The van der Waals surface area contributed by atoms with E-state index >= 15 is 0 Å². The molecule has 0 spiro atoms. The molecule has 2 aromatic carbocycles. The molecule has 0 saturated heterocycles. The predicted molar refractivity (Wildman–Crippen MR) is 79.5 cm³/mol. The molecule has 2 rings (SSSR count). The largest absolute Gasteiger partial charge is 0.386 e. The van der Waals surface area contributed by atoms with Crippen LogP contribution in [-0.4, -0.2) is 17.7 Å². The van der Waals surface area contributed by atoms with Gasteiger partial charge >= 0.3 is 6.03 Å². The normalized spacial score (nSPS) is 11.8. The van der Waals surface area contributed by atoms with Crippen LogP contribution in [0.5, 0.6) is 0 Å². The zero-order valence-corrected chi connectivity index (χ0v) is 11.9. The molecule has 4 nitrogen and oxygen atoms in total. The lowest BCUT2D eigenvalue weighted by Gasteiger charge is -2.14. The lowest BCUT2D eigenvalue weighted by atomic mass is 10.1. The number of anilines is 1. The average Bonchev–Trinajstić information content (AvgIpc) is 2.44. The molecule has 0 aromatic heterocycles. The van der Waals surface area contributed by atoms with Gasteiger partial charge in [0.2, 0.25) is 0 Å². The van der Waals surface area contributed by atoms with Crippen LogP contribution in [0.3, 0.4) is 0 Å². The highest BCUT2D eigenvalue weighted by atomic mass is 19.1. The molecule has 3 N–H and O–H groups in total. The molecule has 0 heterocycles. The van der Waals surface area contributed by atoms with Crippen molar-refractivity contribution in [2.45, 2.75) is 13.0 Å². The second kappa shape index (κ2) is 7.00. The molecule has 0 saturated carbocycles. The Balaban J connectivity index is 1.91. The summed E-state index contributed by atoms with van der Waals surface area (Å²) in [4.78, 5) is 11.7. The lowest BCUT2D eigenvalue weighted by molar-refractivity contribution is 0.170. The third-order valence-corrected chi connectivity index (χ3v) is 3.02. The molecule has 0 aliphatic carbocycles. The number of aliphatic hydroxyl groups is 1. The number of urea groups is 1. The summed E-state index contributed by atoms with van der Waals surface area (Å²) in [7, 11) is 0. The number of benzene rings is 2. The van der Waals surface area contributed by atoms with Crippen molar-refractivity contribution in [3.63, 3.8) is 0 Å². The van der Waals surface area contributed by atoms with Gasteiger partial charge in [-0.15, -0.1) is 0 Å². The topological polar surface area (TPSA) is 61.4 Å². The van der Waals surface area contributed by atoms with Crippen LogP contribution >= 0.6 is 0 Å². The maximum absolute atomic E-state index is 13.5. The first kappa shape index (κ1) is 15.9. The minimum atomic E-state index is -1.17. The van der Waals surface area contributed by atoms with Gasteiger partial charge in [-0.3, -0.25) is 0 Å². The van der Waals surface area contributed by atoms with Gasteiger partial charge in [-0.2, -0.15) is 0 Å². The zero-order valence-electron chi connectivity index (χ0n) is 11.9. The van der Waals surface area contributed by atoms with E-state index in [9.17, 15) is 18.7 Å². The third kappa shape index (κ3) is 4.26. The van der Waals surface area contributed by atoms with E-state index in [1.54, 1.807) is 19.1 Å². The van der Waals surface area contributed by atoms with E-state index in [0.29, 0.717) is 11.3 Å². The molecule has 2 amide bonds. The summed E-state index contributed by atoms with van der Waals surface area (Å²) < 4.78 is 26.7. The van der Waals surface area contributed by atoms with Crippen LogP contribution in [0, 0.1) is 18.6 Å². The Morgan fingerprint density at radius 2 is 1.95 bits per heavy atom. The Bertz CT molecular complexity index is 657. The molecule has 2 aromatic rings. The fourth-order valence-electron chi connectivity index (χ4n) is 2.03. The van der Waals surface area contributed by atoms with E-state index in [1.807, 2.05) is 0 Å². The number of nitrogens with one attached hydrogen (secondary N) is 2. The van der Waals surface area contributed by atoms with Gasteiger partial charge in [-0.1, -0.05) is 18.2 Å². The van der Waals surface area contributed by atoms with Crippen LogP contribution in [0.2, 0.25) is 0 Å². The molecule has 0 radical (unpaired) electrons. The van der Waals surface area contributed by atoms with E-state index in [1.165, 1.54) is 30.3 Å². The van der Waals surface area contributed by atoms with E-state index in [2.05, 4.69) is 10.6 Å². The molecule has 6 heteroatoms. The smallest absolute Gasteiger partial charge is 0.319 e. The number of hydrogen-bond acceptors (Lipinski definition) is 2. The van der Waals surface area contributed by atoms with Crippen LogP contribution in [0.15, 0.2) is 42.5 Å². The minimum Gasteiger partial charge on any atom is -0.386 e. The first-order chi connectivity index (χ1) is 10.5. The average molecular weight is 306 g/mol. The lowest BCUT2D eigenvalue weighted by Crippen LogP contribution is -2.32. The maximum Gasteiger partial charge on any atom is 0.319 e. The van der Waals surface area contributed by atoms with Gasteiger partial charge in [0.15, 0.2) is 0 Å². The molecule has 0 fully saturated rings. The molecule has 116 valence electrons. The second-order valence-corrected chi connectivity index (χ2v) is 4.89. The van der Waals surface area contributed by atoms with Gasteiger partial charge in [-0.05, 0) is 36.8 Å². The number of carbonyl (C=O) groups excluding carboxylic acids is 1. The van der Waals surface area contributed by atoms with E-state index in [4.69, 9.17) is 0 Å². The van der Waals surface area contributed by atoms with E-state index in [0.717, 1.165) is 0 Å². The first-order valence-electron chi connectivity index (χ1n) is 6.70. The Hall–Kier alpha value is -2.47. The van der Waals surface area contributed by atoms with Crippen molar-refractivity contribution in [2.24, 2.45) is 0 Å². The monoisotopic (exact) mass is 306 g/mol. The summed E-state index contributed by atoms with van der Waals surface area (Å²) in [5.74, 6) is -1.00. The van der Waals surface area contributed by atoms with Crippen molar-refractivity contribution in [2.75, 3.05) is 11.9 Å². The van der Waals surface area contributed by atoms with Crippen molar-refractivity contribution in [1.29, 1.82) is 0 Å². The Labute approximate surface area is 126 Å². The molecule has 1 atom stereocenters. The molecule has 1 unspecified atom stereocenters. The summed E-state index contributed by atoms with van der Waals surface area (Å²) >= 11 is 0. The standard InChI is InChI=1S/C16H16F2N2O2/c1-10-6-11(17)8-12(7-10)20-16(22)19-9-15(21)13-4-2-3-5-14(13)18/h2-8,15,21H,9H2,1H3,(H2,19,20,22). The van der Waals surface area contributed by atoms with Crippen molar-refractivity contribution in [3.8, 4) is 0 Å². The van der Waals surface area contributed by atoms with Crippen LogP contribution in [0.25, 0.3) is 0 Å². The van der Waals surface area contributed by atoms with Gasteiger partial charge in [-0.25, -0.2) is 13.6 Å². The molecule has 22 heavy (non-hydrogen) atoms. The molecule has 0 aliphatic heterocycles. The van der Waals surface area contributed by atoms with Gasteiger partial charge in [0.05, 0.1) is 6.10 Å². The Kier molecular flexibility index (Phi) is 5.06. The summed E-state index contributed by atoms with van der Waals surface area (Å²) in [6, 6.07) is 9.29. The number of amides is 2. The molecular weight excluding hydrogens is 290 g/mol. The minimum absolute atomic E-state index is 0.101. The highest BCUT2D eigenvalue weighted by Crippen LogP contribution is 2.16. The van der Waals surface area contributed by atoms with Crippen LogP contribution in [0.1, 0.15) is 17.2 Å². The van der Waals surface area contributed by atoms with E-state index < -0.39 is 23.8 Å². The number of aliphatic hydroxyl groups excluding tert-OH is 1. The summed E-state index contributed by atoms with van der Waals surface area (Å²) in [6.45, 7) is 1.54. The molecule has 0 bridgehead atoms. The first-order valence-corrected chi connectivity index (χ1v) is 6.70. The van der Waals surface area contributed by atoms with Gasteiger partial charge in [0.1, 0.15) is 11.6 Å². The van der Waals surface area contributed by atoms with Gasteiger partial charge in [0.25, 0.3) is 0 Å². The fourth-order valence-corrected chi connectivity index (χ4v) is 2.03. The zero-order chi connectivity index (χ0) is 16.1. The number of hydrogen-bond donors (Lipinski definition) is 3. The SMILES string of the molecule is Cc1cc(F)cc(NC(=O)NCC(O)c2ccccc2F)c1. The Morgan fingerprint density at radius 1 is 1.23 bits per heavy atom. The maximum atomic E-state index is 13.5. The number of carbonyl (C=O) groups is 1. The van der Waals surface area contributed by atoms with Crippen LogP contribution in [-0.2, 0) is 0 Å². The quantitative estimate of drug-likeness (QED) is 0.812. The van der Waals surface area contributed by atoms with E-state index in [-0.39, 0.29) is 12.1 Å². The van der Waals surface area contributed by atoms with Crippen molar-refractivity contribution in [1.82, 2.24) is 5.32 Å². The molecular formula is C16H16F2N2O2. The van der Waals surface area contributed by atoms with Crippen molar-refractivity contribution >= 4 is 11.7 Å². The Morgan fingerprint density at radius 3 is 2.64 bits per heavy atom. The number of halogens is 2. The highest BCUT2D eigenvalue weighted by Gasteiger charge is 2.13. The highest BCUT2D eigenvalue weighted by molar-refractivity contribution is 5.89. The van der Waals surface area contributed by atoms with Crippen molar-refractivity contribution < 1.29 is 18.7 Å². The molecule has 0 aliphatic rings. The summed E-state index contributed by atoms with van der Waals surface area (Å²) in [6.07, 6.45) is -1.17.